The van der Waals surface area contributed by atoms with E-state index in [0.29, 0.717) is 17.0 Å². The van der Waals surface area contributed by atoms with Gasteiger partial charge in [0.1, 0.15) is 11.5 Å². The Morgan fingerprint density at radius 3 is 2.11 bits per heavy atom. The summed E-state index contributed by atoms with van der Waals surface area (Å²) in [5.74, 6) is -2.17. The molecule has 0 radical (unpaired) electrons. The molecule has 27 heavy (non-hydrogen) atoms. The summed E-state index contributed by atoms with van der Waals surface area (Å²) in [4.78, 5) is 22.9. The van der Waals surface area contributed by atoms with Gasteiger partial charge in [0.15, 0.2) is 0 Å². The molecular formula is C19H21NO6S. The third-order valence-corrected chi connectivity index (χ3v) is 4.16. The second-order valence-corrected chi connectivity index (χ2v) is 6.69. The van der Waals surface area contributed by atoms with Crippen LogP contribution in [0.15, 0.2) is 64.4 Å². The Hall–Kier alpha value is -2.97. The molecular weight excluding hydrogens is 370 g/mol. The molecule has 0 saturated heterocycles. The zero-order valence-corrected chi connectivity index (χ0v) is 15.7. The van der Waals surface area contributed by atoms with Crippen molar-refractivity contribution >= 4 is 23.7 Å². The quantitative estimate of drug-likeness (QED) is 0.438. The van der Waals surface area contributed by atoms with Gasteiger partial charge in [-0.25, -0.2) is 9.59 Å². The standard InChI is InChI=1S/C15H17NO2S.C4H4O4/c1-16(2)10-11-5-3-4-6-14(11)19-15-9-12(17)7-8-13(15)18;5-3(6)1-2-4(7)8/h3-9,17-18H,10H2,1-2H3;1-2H,(H,5,6)(H,7,8). The number of aromatic hydroxyl groups is 2. The number of phenolic OH excluding ortho intramolecular Hbond substituents is 2. The van der Waals surface area contributed by atoms with E-state index in [4.69, 9.17) is 10.2 Å². The van der Waals surface area contributed by atoms with Crippen LogP contribution in [0, 0.1) is 0 Å². The third kappa shape index (κ3) is 8.80. The Labute approximate surface area is 161 Å². The summed E-state index contributed by atoms with van der Waals surface area (Å²) in [6.07, 6.45) is 1.12. The van der Waals surface area contributed by atoms with Crippen molar-refractivity contribution in [1.29, 1.82) is 0 Å². The second kappa shape index (κ2) is 10.9. The highest BCUT2D eigenvalue weighted by Crippen LogP contribution is 2.38. The zero-order chi connectivity index (χ0) is 20.4. The molecule has 0 aromatic heterocycles. The first-order chi connectivity index (χ1) is 12.7. The van der Waals surface area contributed by atoms with E-state index in [1.807, 2.05) is 32.3 Å². The van der Waals surface area contributed by atoms with Gasteiger partial charge in [-0.2, -0.15) is 0 Å². The molecule has 144 valence electrons. The minimum Gasteiger partial charge on any atom is -0.508 e. The van der Waals surface area contributed by atoms with Crippen LogP contribution in [0.2, 0.25) is 0 Å². The number of hydrogen-bond donors (Lipinski definition) is 4. The summed E-state index contributed by atoms with van der Waals surface area (Å²) >= 11 is 1.46. The van der Waals surface area contributed by atoms with Crippen molar-refractivity contribution in [2.75, 3.05) is 14.1 Å². The fraction of sp³-hybridized carbons (Fsp3) is 0.158. The monoisotopic (exact) mass is 391 g/mol. The van der Waals surface area contributed by atoms with Crippen LogP contribution >= 0.6 is 11.8 Å². The summed E-state index contributed by atoms with van der Waals surface area (Å²) in [5.41, 5.74) is 1.19. The first-order valence-electron chi connectivity index (χ1n) is 7.75. The topological polar surface area (TPSA) is 118 Å². The van der Waals surface area contributed by atoms with Gasteiger partial charge in [0, 0.05) is 23.6 Å². The van der Waals surface area contributed by atoms with Crippen LogP contribution in [0.25, 0.3) is 0 Å². The fourth-order valence-electron chi connectivity index (χ4n) is 1.92. The Morgan fingerprint density at radius 1 is 0.963 bits per heavy atom. The van der Waals surface area contributed by atoms with Crippen molar-refractivity contribution in [3.8, 4) is 11.5 Å². The van der Waals surface area contributed by atoms with Crippen LogP contribution in [-0.2, 0) is 16.1 Å². The molecule has 0 aliphatic rings. The van der Waals surface area contributed by atoms with E-state index in [9.17, 15) is 19.8 Å². The largest absolute Gasteiger partial charge is 0.508 e. The first kappa shape index (κ1) is 22.1. The third-order valence-electron chi connectivity index (χ3n) is 2.99. The second-order valence-electron chi connectivity index (χ2n) is 5.61. The maximum Gasteiger partial charge on any atom is 0.328 e. The highest BCUT2D eigenvalue weighted by Gasteiger charge is 2.09. The fourth-order valence-corrected chi connectivity index (χ4v) is 2.92. The lowest BCUT2D eigenvalue weighted by Crippen LogP contribution is -2.11. The van der Waals surface area contributed by atoms with Crippen molar-refractivity contribution in [2.24, 2.45) is 0 Å². The van der Waals surface area contributed by atoms with Crippen molar-refractivity contribution in [2.45, 2.75) is 16.3 Å². The predicted octanol–water partition coefficient (Wildman–Crippen LogP) is 3.02. The maximum absolute atomic E-state index is 9.83. The van der Waals surface area contributed by atoms with E-state index in [2.05, 4.69) is 11.0 Å². The van der Waals surface area contributed by atoms with Crippen molar-refractivity contribution in [1.82, 2.24) is 4.90 Å². The van der Waals surface area contributed by atoms with Gasteiger partial charge < -0.3 is 25.3 Å². The molecule has 2 rings (SSSR count). The van der Waals surface area contributed by atoms with Gasteiger partial charge in [-0.1, -0.05) is 30.0 Å². The number of carbonyl (C=O) groups is 2. The highest BCUT2D eigenvalue weighted by atomic mass is 32.2. The summed E-state index contributed by atoms with van der Waals surface area (Å²) in [7, 11) is 4.04. The molecule has 0 aliphatic heterocycles. The normalized spacial score (nSPS) is 10.5. The molecule has 0 aliphatic carbocycles. The molecule has 0 fully saturated rings. The van der Waals surface area contributed by atoms with Gasteiger partial charge in [0.25, 0.3) is 0 Å². The van der Waals surface area contributed by atoms with E-state index in [-0.39, 0.29) is 11.5 Å². The lowest BCUT2D eigenvalue weighted by Gasteiger charge is -2.14. The number of phenols is 2. The summed E-state index contributed by atoms with van der Waals surface area (Å²) < 4.78 is 0. The molecule has 0 saturated carbocycles. The molecule has 0 bridgehead atoms. The summed E-state index contributed by atoms with van der Waals surface area (Å²) in [5, 5.41) is 34.9. The van der Waals surface area contributed by atoms with Crippen LogP contribution in [0.4, 0.5) is 0 Å². The lowest BCUT2D eigenvalue weighted by atomic mass is 10.2. The van der Waals surface area contributed by atoms with E-state index in [1.165, 1.54) is 29.5 Å². The van der Waals surface area contributed by atoms with E-state index < -0.39 is 11.9 Å². The first-order valence-corrected chi connectivity index (χ1v) is 8.57. The molecule has 7 nitrogen and oxygen atoms in total. The predicted molar refractivity (Wildman–Crippen MR) is 102 cm³/mol. The van der Waals surface area contributed by atoms with Crippen molar-refractivity contribution in [3.05, 3.63) is 60.2 Å². The number of benzene rings is 2. The van der Waals surface area contributed by atoms with Crippen LogP contribution in [0.5, 0.6) is 11.5 Å². The van der Waals surface area contributed by atoms with Crippen LogP contribution < -0.4 is 0 Å². The minimum absolute atomic E-state index is 0.158. The zero-order valence-electron chi connectivity index (χ0n) is 14.9. The molecule has 0 atom stereocenters. The maximum atomic E-state index is 9.83. The van der Waals surface area contributed by atoms with Gasteiger partial charge in [-0.3, -0.25) is 0 Å². The minimum atomic E-state index is -1.26. The number of carboxylic acids is 2. The lowest BCUT2D eigenvalue weighted by molar-refractivity contribution is -0.134. The Bertz CT molecular complexity index is 804. The molecule has 0 heterocycles. The van der Waals surface area contributed by atoms with E-state index >= 15 is 0 Å². The molecule has 2 aromatic rings. The Morgan fingerprint density at radius 2 is 1.56 bits per heavy atom. The van der Waals surface area contributed by atoms with Crippen molar-refractivity contribution in [3.63, 3.8) is 0 Å². The molecule has 4 N–H and O–H groups in total. The van der Waals surface area contributed by atoms with Gasteiger partial charge >= 0.3 is 11.9 Å². The molecule has 0 spiro atoms. The summed E-state index contributed by atoms with van der Waals surface area (Å²) in [6.45, 7) is 0.836. The highest BCUT2D eigenvalue weighted by molar-refractivity contribution is 7.99. The molecule has 0 unspecified atom stereocenters. The number of rotatable bonds is 6. The van der Waals surface area contributed by atoms with Gasteiger partial charge in [0.2, 0.25) is 0 Å². The Balaban J connectivity index is 0.000000387. The van der Waals surface area contributed by atoms with E-state index in [0.717, 1.165) is 11.4 Å². The SMILES string of the molecule is CN(C)Cc1ccccc1Sc1cc(O)ccc1O.O=C(O)C=CC(=O)O. The van der Waals surface area contributed by atoms with Crippen molar-refractivity contribution < 1.29 is 30.0 Å². The number of nitrogens with zero attached hydrogens (tertiary/aromatic N) is 1. The van der Waals surface area contributed by atoms with Gasteiger partial charge in [-0.15, -0.1) is 0 Å². The molecule has 0 amide bonds. The van der Waals surface area contributed by atoms with Crippen LogP contribution in [0.1, 0.15) is 5.56 Å². The van der Waals surface area contributed by atoms with Gasteiger partial charge in [0.05, 0.1) is 4.90 Å². The Kier molecular flexibility index (Phi) is 8.91. The van der Waals surface area contributed by atoms with E-state index in [1.54, 1.807) is 6.07 Å². The van der Waals surface area contributed by atoms with Gasteiger partial charge in [-0.05, 0) is 43.9 Å². The van der Waals surface area contributed by atoms with Crippen LogP contribution in [-0.4, -0.2) is 51.4 Å². The smallest absolute Gasteiger partial charge is 0.328 e. The number of hydrogen-bond acceptors (Lipinski definition) is 6. The molecule has 2 aromatic carbocycles. The average molecular weight is 391 g/mol. The summed E-state index contributed by atoms with van der Waals surface area (Å²) in [6, 6.07) is 12.6. The number of carboxylic acid groups (broad SMARTS) is 2. The molecule has 8 heteroatoms. The van der Waals surface area contributed by atoms with Crippen LogP contribution in [0.3, 0.4) is 0 Å². The average Bonchev–Trinajstić information content (AvgIpc) is 2.58. The number of aliphatic carboxylic acids is 2.